The van der Waals surface area contributed by atoms with Gasteiger partial charge in [-0.2, -0.15) is 0 Å². The molecule has 3 nitrogen and oxygen atoms in total. The molecule has 2 rings (SSSR count). The second-order valence-corrected chi connectivity index (χ2v) is 9.46. The van der Waals surface area contributed by atoms with Crippen LogP contribution in [-0.2, 0) is 10.8 Å². The minimum atomic E-state index is -1.20. The molecular weight excluding hydrogens is 368 g/mol. The first-order chi connectivity index (χ1) is 13.5. The lowest BCUT2D eigenvalue weighted by Crippen LogP contribution is -2.00. The predicted octanol–water partition coefficient (Wildman–Crippen LogP) is 6.48. The van der Waals surface area contributed by atoms with Gasteiger partial charge in [0.1, 0.15) is 11.5 Å². The molecule has 0 atom stereocenters. The summed E-state index contributed by atoms with van der Waals surface area (Å²) in [6.07, 6.45) is 4.44. The van der Waals surface area contributed by atoms with Gasteiger partial charge < -0.3 is 9.47 Å². The number of hydrogen-bond donors (Lipinski definition) is 0. The van der Waals surface area contributed by atoms with E-state index in [4.69, 9.17) is 9.47 Å². The largest absolute Gasteiger partial charge is 0.494 e. The van der Waals surface area contributed by atoms with Gasteiger partial charge in [0.2, 0.25) is 0 Å². The normalized spacial score (nSPS) is 11.4. The molecular formula is C24H34O3S. The Balaban J connectivity index is 1.84. The summed E-state index contributed by atoms with van der Waals surface area (Å²) in [4.78, 5) is 1.56. The van der Waals surface area contributed by atoms with E-state index in [2.05, 4.69) is 27.7 Å². The Labute approximate surface area is 172 Å². The van der Waals surface area contributed by atoms with Crippen molar-refractivity contribution >= 4 is 10.8 Å². The standard InChI is InChI=1S/C24H34O3S/c1-19(2)7-5-17-26-21-9-13-23(14-10-21)28(25)24-15-11-22(12-16-24)27-18-6-8-20(3)4/h9-16,19-20H,5-8,17-18H2,1-4H3. The molecule has 0 fully saturated rings. The fourth-order valence-electron chi connectivity index (χ4n) is 2.82. The quantitative estimate of drug-likeness (QED) is 0.381. The number of benzene rings is 2. The van der Waals surface area contributed by atoms with Crippen molar-refractivity contribution in [2.45, 2.75) is 63.2 Å². The van der Waals surface area contributed by atoms with Crippen LogP contribution in [0.15, 0.2) is 58.3 Å². The minimum Gasteiger partial charge on any atom is -0.494 e. The highest BCUT2D eigenvalue weighted by Gasteiger charge is 2.08. The lowest BCUT2D eigenvalue weighted by atomic mass is 10.1. The molecule has 0 heterocycles. The van der Waals surface area contributed by atoms with Crippen molar-refractivity contribution < 1.29 is 13.7 Å². The summed E-state index contributed by atoms with van der Waals surface area (Å²) >= 11 is 0. The zero-order valence-electron chi connectivity index (χ0n) is 17.6. The van der Waals surface area contributed by atoms with Crippen LogP contribution in [0, 0.1) is 11.8 Å². The van der Waals surface area contributed by atoms with E-state index in [1.165, 1.54) is 12.8 Å². The van der Waals surface area contributed by atoms with E-state index in [0.717, 1.165) is 47.3 Å². The average molecular weight is 403 g/mol. The van der Waals surface area contributed by atoms with Gasteiger partial charge in [-0.3, -0.25) is 0 Å². The summed E-state index contributed by atoms with van der Waals surface area (Å²) in [6.45, 7) is 10.3. The van der Waals surface area contributed by atoms with Gasteiger partial charge >= 0.3 is 0 Å². The second kappa shape index (κ2) is 11.9. The van der Waals surface area contributed by atoms with Gasteiger partial charge in [-0.15, -0.1) is 0 Å². The molecule has 2 aromatic rings. The van der Waals surface area contributed by atoms with Crippen LogP contribution in [0.2, 0.25) is 0 Å². The van der Waals surface area contributed by atoms with Crippen molar-refractivity contribution in [1.29, 1.82) is 0 Å². The lowest BCUT2D eigenvalue weighted by molar-refractivity contribution is 0.297. The maximum atomic E-state index is 12.8. The Morgan fingerprint density at radius 3 is 1.36 bits per heavy atom. The first kappa shape index (κ1) is 22.5. The zero-order valence-corrected chi connectivity index (χ0v) is 18.5. The molecule has 0 aliphatic heterocycles. The van der Waals surface area contributed by atoms with Crippen molar-refractivity contribution in [3.05, 3.63) is 48.5 Å². The molecule has 0 radical (unpaired) electrons. The summed E-state index contributed by atoms with van der Waals surface area (Å²) in [7, 11) is -1.20. The van der Waals surface area contributed by atoms with Crippen LogP contribution in [-0.4, -0.2) is 17.4 Å². The van der Waals surface area contributed by atoms with Gasteiger partial charge in [0.25, 0.3) is 0 Å². The van der Waals surface area contributed by atoms with Crippen molar-refractivity contribution in [1.82, 2.24) is 0 Å². The Bertz CT molecular complexity index is 644. The van der Waals surface area contributed by atoms with Crippen molar-refractivity contribution in [3.63, 3.8) is 0 Å². The van der Waals surface area contributed by atoms with Crippen LogP contribution in [0.4, 0.5) is 0 Å². The van der Waals surface area contributed by atoms with E-state index in [-0.39, 0.29) is 0 Å². The monoisotopic (exact) mass is 402 g/mol. The van der Waals surface area contributed by atoms with Gasteiger partial charge in [0.05, 0.1) is 24.0 Å². The Kier molecular flexibility index (Phi) is 9.56. The van der Waals surface area contributed by atoms with Gasteiger partial charge in [0, 0.05) is 9.79 Å². The van der Waals surface area contributed by atoms with Crippen molar-refractivity contribution in [2.24, 2.45) is 11.8 Å². The first-order valence-corrected chi connectivity index (χ1v) is 11.5. The number of hydrogen-bond acceptors (Lipinski definition) is 3. The maximum Gasteiger partial charge on any atom is 0.119 e. The summed E-state index contributed by atoms with van der Waals surface area (Å²) < 4.78 is 24.3. The van der Waals surface area contributed by atoms with E-state index in [0.29, 0.717) is 11.8 Å². The molecule has 0 aliphatic carbocycles. The van der Waals surface area contributed by atoms with E-state index >= 15 is 0 Å². The van der Waals surface area contributed by atoms with Crippen LogP contribution in [0.1, 0.15) is 53.4 Å². The Hall–Kier alpha value is -1.81. The van der Waals surface area contributed by atoms with Gasteiger partial charge in [-0.05, 0) is 86.1 Å². The summed E-state index contributed by atoms with van der Waals surface area (Å²) in [5, 5.41) is 0. The number of ether oxygens (including phenoxy) is 2. The van der Waals surface area contributed by atoms with E-state index < -0.39 is 10.8 Å². The highest BCUT2D eigenvalue weighted by molar-refractivity contribution is 7.85. The third kappa shape index (κ3) is 8.05. The summed E-state index contributed by atoms with van der Waals surface area (Å²) in [5.41, 5.74) is 0. The van der Waals surface area contributed by atoms with Crippen molar-refractivity contribution in [3.8, 4) is 11.5 Å². The van der Waals surface area contributed by atoms with Gasteiger partial charge in [-0.1, -0.05) is 27.7 Å². The molecule has 2 aromatic carbocycles. The molecule has 0 N–H and O–H groups in total. The van der Waals surface area contributed by atoms with E-state index in [9.17, 15) is 4.21 Å². The van der Waals surface area contributed by atoms with Crippen molar-refractivity contribution in [2.75, 3.05) is 13.2 Å². The second-order valence-electron chi connectivity index (χ2n) is 7.98. The fraction of sp³-hybridized carbons (Fsp3) is 0.500. The van der Waals surface area contributed by atoms with E-state index in [1.54, 1.807) is 0 Å². The molecule has 0 aliphatic rings. The molecule has 0 saturated heterocycles. The molecule has 0 amide bonds. The van der Waals surface area contributed by atoms with Crippen LogP contribution >= 0.6 is 0 Å². The summed E-state index contributed by atoms with van der Waals surface area (Å²) in [5.74, 6) is 3.06. The third-order valence-corrected chi connectivity index (χ3v) is 5.87. The van der Waals surface area contributed by atoms with Crippen LogP contribution in [0.5, 0.6) is 11.5 Å². The molecule has 0 unspecified atom stereocenters. The van der Waals surface area contributed by atoms with Crippen LogP contribution in [0.3, 0.4) is 0 Å². The summed E-state index contributed by atoms with van der Waals surface area (Å²) in [6, 6.07) is 15.1. The Morgan fingerprint density at radius 2 is 1.04 bits per heavy atom. The van der Waals surface area contributed by atoms with Gasteiger partial charge in [-0.25, -0.2) is 4.21 Å². The Morgan fingerprint density at radius 1 is 0.679 bits per heavy atom. The smallest absolute Gasteiger partial charge is 0.119 e. The molecule has 28 heavy (non-hydrogen) atoms. The molecule has 4 heteroatoms. The predicted molar refractivity (Wildman–Crippen MR) is 117 cm³/mol. The highest BCUT2D eigenvalue weighted by atomic mass is 32.2. The van der Waals surface area contributed by atoms with Gasteiger partial charge in [0.15, 0.2) is 0 Å². The molecule has 0 bridgehead atoms. The molecule has 0 aromatic heterocycles. The topological polar surface area (TPSA) is 35.5 Å². The molecule has 0 spiro atoms. The van der Waals surface area contributed by atoms with E-state index in [1.807, 2.05) is 48.5 Å². The fourth-order valence-corrected chi connectivity index (χ4v) is 3.86. The minimum absolute atomic E-state index is 0.699. The highest BCUT2D eigenvalue weighted by Crippen LogP contribution is 2.22. The lowest BCUT2D eigenvalue weighted by Gasteiger charge is -2.09. The average Bonchev–Trinajstić information content (AvgIpc) is 2.69. The molecule has 154 valence electrons. The maximum absolute atomic E-state index is 12.8. The van der Waals surface area contributed by atoms with Crippen LogP contribution < -0.4 is 9.47 Å². The SMILES string of the molecule is CC(C)CCCOc1ccc(S(=O)c2ccc(OCCCC(C)C)cc2)cc1. The third-order valence-electron chi connectivity index (χ3n) is 4.46. The zero-order chi connectivity index (χ0) is 20.4. The van der Waals surface area contributed by atoms with Crippen LogP contribution in [0.25, 0.3) is 0 Å². The molecule has 0 saturated carbocycles. The number of rotatable bonds is 12. The first-order valence-electron chi connectivity index (χ1n) is 10.3.